The fourth-order valence-corrected chi connectivity index (χ4v) is 2.46. The van der Waals surface area contributed by atoms with E-state index in [2.05, 4.69) is 17.2 Å². The van der Waals surface area contributed by atoms with Crippen molar-refractivity contribution in [1.82, 2.24) is 10.3 Å². The molecule has 0 bridgehead atoms. The Morgan fingerprint density at radius 3 is 2.88 bits per heavy atom. The molecule has 1 saturated carbocycles. The molecule has 1 N–H and O–H groups in total. The Labute approximate surface area is 96.3 Å². The predicted octanol–water partition coefficient (Wildman–Crippen LogP) is 2.89. The van der Waals surface area contributed by atoms with E-state index in [4.69, 9.17) is 0 Å². The molecule has 88 valence electrons. The van der Waals surface area contributed by atoms with Gasteiger partial charge in [-0.25, -0.2) is 4.39 Å². The van der Waals surface area contributed by atoms with Crippen LogP contribution in [0, 0.1) is 11.7 Å². The standard InChI is InChI=1S/C13H19FN2/c1-10(12-4-2-3-5-12)16-8-11-6-13(14)9-15-7-11/h6-7,9-10,12,16H,2-5,8H2,1H3/t10-/m1/s1. The third kappa shape index (κ3) is 3.01. The number of nitrogens with one attached hydrogen (secondary N) is 1. The van der Waals surface area contributed by atoms with E-state index in [-0.39, 0.29) is 5.82 Å². The number of nitrogens with zero attached hydrogens (tertiary/aromatic N) is 1. The number of hydrogen-bond acceptors (Lipinski definition) is 2. The van der Waals surface area contributed by atoms with E-state index < -0.39 is 0 Å². The lowest BCUT2D eigenvalue weighted by molar-refractivity contribution is 0.380. The molecule has 1 aromatic rings. The summed E-state index contributed by atoms with van der Waals surface area (Å²) in [7, 11) is 0. The largest absolute Gasteiger partial charge is 0.310 e. The smallest absolute Gasteiger partial charge is 0.141 e. The summed E-state index contributed by atoms with van der Waals surface area (Å²) < 4.78 is 12.9. The van der Waals surface area contributed by atoms with Crippen LogP contribution in [0.5, 0.6) is 0 Å². The van der Waals surface area contributed by atoms with Crippen LogP contribution in [0.2, 0.25) is 0 Å². The van der Waals surface area contributed by atoms with Gasteiger partial charge in [0.05, 0.1) is 6.20 Å². The van der Waals surface area contributed by atoms with E-state index in [1.165, 1.54) is 31.9 Å². The lowest BCUT2D eigenvalue weighted by Gasteiger charge is -2.20. The molecule has 2 rings (SSSR count). The van der Waals surface area contributed by atoms with Gasteiger partial charge in [-0.2, -0.15) is 0 Å². The Morgan fingerprint density at radius 2 is 2.19 bits per heavy atom. The summed E-state index contributed by atoms with van der Waals surface area (Å²) in [6.07, 6.45) is 8.34. The quantitative estimate of drug-likeness (QED) is 0.847. The van der Waals surface area contributed by atoms with Crippen molar-refractivity contribution in [2.75, 3.05) is 0 Å². The van der Waals surface area contributed by atoms with Gasteiger partial charge in [0.15, 0.2) is 0 Å². The van der Waals surface area contributed by atoms with E-state index in [0.717, 1.165) is 11.5 Å². The van der Waals surface area contributed by atoms with Gasteiger partial charge >= 0.3 is 0 Å². The molecule has 0 saturated heterocycles. The molecule has 1 fully saturated rings. The summed E-state index contributed by atoms with van der Waals surface area (Å²) in [6.45, 7) is 2.94. The van der Waals surface area contributed by atoms with Crippen LogP contribution in [0.4, 0.5) is 4.39 Å². The normalized spacial score (nSPS) is 18.9. The minimum absolute atomic E-state index is 0.257. The van der Waals surface area contributed by atoms with E-state index in [0.29, 0.717) is 12.6 Å². The predicted molar refractivity (Wildman–Crippen MR) is 62.5 cm³/mol. The fourth-order valence-electron chi connectivity index (χ4n) is 2.46. The van der Waals surface area contributed by atoms with Crippen LogP contribution in [0.3, 0.4) is 0 Å². The van der Waals surface area contributed by atoms with Crippen molar-refractivity contribution in [2.45, 2.75) is 45.2 Å². The Bertz CT molecular complexity index is 334. The average Bonchev–Trinajstić information content (AvgIpc) is 2.79. The number of aromatic nitrogens is 1. The monoisotopic (exact) mass is 222 g/mol. The fraction of sp³-hybridized carbons (Fsp3) is 0.615. The van der Waals surface area contributed by atoms with Crippen molar-refractivity contribution in [3.8, 4) is 0 Å². The van der Waals surface area contributed by atoms with Gasteiger partial charge in [0.2, 0.25) is 0 Å². The van der Waals surface area contributed by atoms with Crippen LogP contribution in [0.25, 0.3) is 0 Å². The van der Waals surface area contributed by atoms with Gasteiger partial charge in [-0.05, 0) is 37.3 Å². The van der Waals surface area contributed by atoms with E-state index in [9.17, 15) is 4.39 Å². The maximum Gasteiger partial charge on any atom is 0.141 e. The van der Waals surface area contributed by atoms with Gasteiger partial charge in [0, 0.05) is 18.8 Å². The summed E-state index contributed by atoms with van der Waals surface area (Å²) in [6, 6.07) is 2.06. The van der Waals surface area contributed by atoms with Crippen LogP contribution in [-0.2, 0) is 6.54 Å². The molecule has 0 unspecified atom stereocenters. The van der Waals surface area contributed by atoms with Crippen LogP contribution in [0.15, 0.2) is 18.5 Å². The molecular weight excluding hydrogens is 203 g/mol. The van der Waals surface area contributed by atoms with Crippen molar-refractivity contribution in [3.05, 3.63) is 29.8 Å². The van der Waals surface area contributed by atoms with Gasteiger partial charge < -0.3 is 5.32 Å². The molecule has 1 aromatic heterocycles. The van der Waals surface area contributed by atoms with Crippen molar-refractivity contribution in [1.29, 1.82) is 0 Å². The number of hydrogen-bond donors (Lipinski definition) is 1. The molecule has 0 radical (unpaired) electrons. The molecule has 0 spiro atoms. The first-order valence-electron chi connectivity index (χ1n) is 6.08. The molecular formula is C13H19FN2. The second-order valence-electron chi connectivity index (χ2n) is 4.73. The summed E-state index contributed by atoms with van der Waals surface area (Å²) in [5.41, 5.74) is 0.921. The molecule has 16 heavy (non-hydrogen) atoms. The second-order valence-corrected chi connectivity index (χ2v) is 4.73. The van der Waals surface area contributed by atoms with Gasteiger partial charge in [0.25, 0.3) is 0 Å². The number of halogens is 1. The maximum absolute atomic E-state index is 12.9. The molecule has 1 aliphatic rings. The highest BCUT2D eigenvalue weighted by atomic mass is 19.1. The first-order valence-corrected chi connectivity index (χ1v) is 6.08. The number of pyridine rings is 1. The van der Waals surface area contributed by atoms with E-state index in [1.807, 2.05) is 0 Å². The highest BCUT2D eigenvalue weighted by Crippen LogP contribution is 2.27. The molecule has 0 aliphatic heterocycles. The summed E-state index contributed by atoms with van der Waals surface area (Å²) >= 11 is 0. The van der Waals surface area contributed by atoms with Gasteiger partial charge in [-0.3, -0.25) is 4.98 Å². The molecule has 1 heterocycles. The Hall–Kier alpha value is -0.960. The Morgan fingerprint density at radius 1 is 1.44 bits per heavy atom. The topological polar surface area (TPSA) is 24.9 Å². The van der Waals surface area contributed by atoms with Crippen molar-refractivity contribution in [3.63, 3.8) is 0 Å². The molecule has 1 atom stereocenters. The zero-order valence-corrected chi connectivity index (χ0v) is 9.75. The van der Waals surface area contributed by atoms with Gasteiger partial charge in [-0.15, -0.1) is 0 Å². The van der Waals surface area contributed by atoms with Crippen molar-refractivity contribution >= 4 is 0 Å². The van der Waals surface area contributed by atoms with Gasteiger partial charge in [0.1, 0.15) is 5.82 Å². The van der Waals surface area contributed by atoms with Crippen LogP contribution in [-0.4, -0.2) is 11.0 Å². The summed E-state index contributed by atoms with van der Waals surface area (Å²) in [5, 5.41) is 3.46. The minimum Gasteiger partial charge on any atom is -0.310 e. The van der Waals surface area contributed by atoms with E-state index in [1.54, 1.807) is 12.3 Å². The Kier molecular flexibility index (Phi) is 3.88. The lowest BCUT2D eigenvalue weighted by atomic mass is 10.00. The second kappa shape index (κ2) is 5.39. The molecule has 2 nitrogen and oxygen atoms in total. The van der Waals surface area contributed by atoms with Crippen LogP contribution in [0.1, 0.15) is 38.2 Å². The Balaban J connectivity index is 1.82. The van der Waals surface area contributed by atoms with Crippen LogP contribution >= 0.6 is 0 Å². The van der Waals surface area contributed by atoms with Crippen LogP contribution < -0.4 is 5.32 Å². The SMILES string of the molecule is C[C@@H](NCc1cncc(F)c1)C1CCCC1. The first-order chi connectivity index (χ1) is 7.75. The number of rotatable bonds is 4. The average molecular weight is 222 g/mol. The molecule has 3 heteroatoms. The zero-order valence-electron chi connectivity index (χ0n) is 9.75. The summed E-state index contributed by atoms with van der Waals surface area (Å²) in [4.78, 5) is 3.84. The zero-order chi connectivity index (χ0) is 11.4. The summed E-state index contributed by atoms with van der Waals surface area (Å²) in [5.74, 6) is 0.536. The van der Waals surface area contributed by atoms with Gasteiger partial charge in [-0.1, -0.05) is 12.8 Å². The maximum atomic E-state index is 12.9. The van der Waals surface area contributed by atoms with E-state index >= 15 is 0 Å². The van der Waals surface area contributed by atoms with Crippen molar-refractivity contribution in [2.24, 2.45) is 5.92 Å². The van der Waals surface area contributed by atoms with Crippen molar-refractivity contribution < 1.29 is 4.39 Å². The highest BCUT2D eigenvalue weighted by Gasteiger charge is 2.20. The highest BCUT2D eigenvalue weighted by molar-refractivity contribution is 5.09. The third-order valence-corrected chi connectivity index (χ3v) is 3.50. The third-order valence-electron chi connectivity index (χ3n) is 3.50. The molecule has 0 amide bonds. The molecule has 0 aromatic carbocycles. The first kappa shape index (κ1) is 11.5. The lowest BCUT2D eigenvalue weighted by Crippen LogP contribution is -2.31. The molecule has 1 aliphatic carbocycles. The minimum atomic E-state index is -0.257.